The molecule has 2 heterocycles. The van der Waals surface area contributed by atoms with Crippen LogP contribution in [0.1, 0.15) is 10.4 Å². The van der Waals surface area contributed by atoms with Crippen LogP contribution in [0.25, 0.3) is 21.8 Å². The molecule has 0 aliphatic heterocycles. The minimum Gasteiger partial charge on any atom is -0.382 e. The van der Waals surface area contributed by atoms with Crippen LogP contribution in [0.3, 0.4) is 0 Å². The summed E-state index contributed by atoms with van der Waals surface area (Å²) in [5, 5.41) is 11.4. The topological polar surface area (TPSA) is 96.7 Å². The SMILES string of the molecule is Nc1n[nH]c2ccc(NC(=O)c3ccc4cccnc4c3)cc12. The molecule has 0 unspecified atom stereocenters. The van der Waals surface area contributed by atoms with Gasteiger partial charge in [-0.25, -0.2) is 0 Å². The highest BCUT2D eigenvalue weighted by molar-refractivity contribution is 6.07. The van der Waals surface area contributed by atoms with Gasteiger partial charge >= 0.3 is 0 Å². The fraction of sp³-hybridized carbons (Fsp3) is 0. The quantitative estimate of drug-likeness (QED) is 0.530. The third-order valence-corrected chi connectivity index (χ3v) is 3.72. The molecule has 2 aromatic carbocycles. The largest absolute Gasteiger partial charge is 0.382 e. The van der Waals surface area contributed by atoms with Crippen molar-refractivity contribution in [3.05, 3.63) is 60.3 Å². The Morgan fingerprint density at radius 1 is 1.13 bits per heavy atom. The number of nitrogens with two attached hydrogens (primary N) is 1. The molecule has 0 atom stereocenters. The van der Waals surface area contributed by atoms with Gasteiger partial charge in [0.25, 0.3) is 5.91 Å². The number of pyridine rings is 1. The Labute approximate surface area is 131 Å². The van der Waals surface area contributed by atoms with Crippen molar-refractivity contribution in [2.45, 2.75) is 0 Å². The number of nitrogens with one attached hydrogen (secondary N) is 2. The predicted octanol–water partition coefficient (Wildman–Crippen LogP) is 2.95. The van der Waals surface area contributed by atoms with E-state index >= 15 is 0 Å². The van der Waals surface area contributed by atoms with E-state index in [4.69, 9.17) is 5.73 Å². The zero-order valence-electron chi connectivity index (χ0n) is 12.1. The van der Waals surface area contributed by atoms with Crippen molar-refractivity contribution in [1.82, 2.24) is 15.2 Å². The lowest BCUT2D eigenvalue weighted by atomic mass is 10.1. The number of anilines is 2. The minimum atomic E-state index is -0.195. The van der Waals surface area contributed by atoms with Crippen LogP contribution < -0.4 is 11.1 Å². The van der Waals surface area contributed by atoms with E-state index in [1.165, 1.54) is 0 Å². The lowest BCUT2D eigenvalue weighted by Crippen LogP contribution is -2.11. The van der Waals surface area contributed by atoms with E-state index in [2.05, 4.69) is 20.5 Å². The van der Waals surface area contributed by atoms with Gasteiger partial charge in [-0.1, -0.05) is 12.1 Å². The summed E-state index contributed by atoms with van der Waals surface area (Å²) >= 11 is 0. The molecule has 0 aliphatic carbocycles. The summed E-state index contributed by atoms with van der Waals surface area (Å²) in [5.74, 6) is 0.213. The first-order valence-electron chi connectivity index (χ1n) is 7.10. The summed E-state index contributed by atoms with van der Waals surface area (Å²) < 4.78 is 0. The van der Waals surface area contributed by atoms with Gasteiger partial charge < -0.3 is 11.1 Å². The number of H-pyrrole nitrogens is 1. The van der Waals surface area contributed by atoms with Crippen molar-refractivity contribution in [3.8, 4) is 0 Å². The average molecular weight is 303 g/mol. The summed E-state index contributed by atoms with van der Waals surface area (Å²) in [6, 6.07) is 14.7. The first-order valence-corrected chi connectivity index (χ1v) is 7.10. The third-order valence-electron chi connectivity index (χ3n) is 3.72. The Morgan fingerprint density at radius 2 is 2.04 bits per heavy atom. The first kappa shape index (κ1) is 13.3. The highest BCUT2D eigenvalue weighted by Gasteiger charge is 2.09. The summed E-state index contributed by atoms with van der Waals surface area (Å²) in [6.07, 6.45) is 1.71. The molecular formula is C17H13N5O. The molecule has 4 N–H and O–H groups in total. The number of nitrogens with zero attached hydrogens (tertiary/aromatic N) is 2. The molecule has 0 saturated carbocycles. The van der Waals surface area contributed by atoms with E-state index in [-0.39, 0.29) is 5.91 Å². The van der Waals surface area contributed by atoms with Gasteiger partial charge in [-0.3, -0.25) is 14.9 Å². The van der Waals surface area contributed by atoms with E-state index in [9.17, 15) is 4.79 Å². The zero-order chi connectivity index (χ0) is 15.8. The second-order valence-corrected chi connectivity index (χ2v) is 5.23. The first-order chi connectivity index (χ1) is 11.2. The molecule has 4 rings (SSSR count). The summed E-state index contributed by atoms with van der Waals surface area (Å²) in [6.45, 7) is 0. The van der Waals surface area contributed by atoms with Crippen molar-refractivity contribution in [1.29, 1.82) is 0 Å². The molecule has 0 saturated heterocycles. The number of amides is 1. The molecule has 0 bridgehead atoms. The lowest BCUT2D eigenvalue weighted by molar-refractivity contribution is 0.102. The molecule has 0 radical (unpaired) electrons. The molecule has 0 spiro atoms. The van der Waals surface area contributed by atoms with Crippen LogP contribution in [0.5, 0.6) is 0 Å². The Bertz CT molecular complexity index is 1040. The number of fused-ring (bicyclic) bond motifs is 2. The van der Waals surface area contributed by atoms with Crippen molar-refractivity contribution < 1.29 is 4.79 Å². The van der Waals surface area contributed by atoms with Crippen LogP contribution in [-0.2, 0) is 0 Å². The standard InChI is InChI=1S/C17H13N5O/c18-16-13-9-12(5-6-14(13)21-22-16)20-17(23)11-4-3-10-2-1-7-19-15(10)8-11/h1-9H,(H,20,23)(H3,18,21,22). The van der Waals surface area contributed by atoms with Crippen LogP contribution in [0.4, 0.5) is 11.5 Å². The smallest absolute Gasteiger partial charge is 0.255 e. The van der Waals surface area contributed by atoms with Crippen molar-refractivity contribution in [3.63, 3.8) is 0 Å². The summed E-state index contributed by atoms with van der Waals surface area (Å²) in [4.78, 5) is 16.7. The number of aromatic nitrogens is 3. The van der Waals surface area contributed by atoms with Crippen LogP contribution in [0.2, 0.25) is 0 Å². The Balaban J connectivity index is 1.65. The molecule has 0 aliphatic rings. The second-order valence-electron chi connectivity index (χ2n) is 5.23. The predicted molar refractivity (Wildman–Crippen MR) is 90.2 cm³/mol. The van der Waals surface area contributed by atoms with Gasteiger partial charge in [0.1, 0.15) is 0 Å². The number of carbonyl (C=O) groups is 1. The molecule has 1 amide bonds. The Hall–Kier alpha value is -3.41. The van der Waals surface area contributed by atoms with Gasteiger partial charge in [-0.2, -0.15) is 5.10 Å². The van der Waals surface area contributed by atoms with Gasteiger partial charge in [0.15, 0.2) is 5.82 Å². The van der Waals surface area contributed by atoms with Gasteiger partial charge in [-0.15, -0.1) is 0 Å². The van der Waals surface area contributed by atoms with Crippen molar-refractivity contribution in [2.24, 2.45) is 0 Å². The maximum Gasteiger partial charge on any atom is 0.255 e. The Kier molecular flexibility index (Phi) is 2.94. The molecule has 6 nitrogen and oxygen atoms in total. The summed E-state index contributed by atoms with van der Waals surface area (Å²) in [5.41, 5.74) is 8.62. The number of rotatable bonds is 2. The second kappa shape index (κ2) is 5.10. The molecule has 0 fully saturated rings. The minimum absolute atomic E-state index is 0.195. The van der Waals surface area contributed by atoms with Crippen molar-refractivity contribution >= 4 is 39.2 Å². The lowest BCUT2D eigenvalue weighted by Gasteiger charge is -2.06. The number of hydrogen-bond donors (Lipinski definition) is 3. The number of carbonyl (C=O) groups excluding carboxylic acids is 1. The van der Waals surface area contributed by atoms with Crippen molar-refractivity contribution in [2.75, 3.05) is 11.1 Å². The van der Waals surface area contributed by atoms with Gasteiger partial charge in [0.2, 0.25) is 0 Å². The van der Waals surface area contributed by atoms with E-state index in [0.717, 1.165) is 21.8 Å². The van der Waals surface area contributed by atoms with Crippen LogP contribution in [0.15, 0.2) is 54.7 Å². The van der Waals surface area contributed by atoms with E-state index < -0.39 is 0 Å². The van der Waals surface area contributed by atoms with Gasteiger partial charge in [0, 0.05) is 28.2 Å². The molecular weight excluding hydrogens is 290 g/mol. The maximum absolute atomic E-state index is 12.4. The number of nitrogen functional groups attached to an aromatic ring is 1. The van der Waals surface area contributed by atoms with Crippen LogP contribution in [0, 0.1) is 0 Å². The fourth-order valence-corrected chi connectivity index (χ4v) is 2.52. The molecule has 4 aromatic rings. The van der Waals surface area contributed by atoms with E-state index in [1.807, 2.05) is 24.3 Å². The zero-order valence-corrected chi connectivity index (χ0v) is 12.1. The number of aromatic amines is 1. The molecule has 6 heteroatoms. The van der Waals surface area contributed by atoms with Gasteiger partial charge in [0.05, 0.1) is 11.0 Å². The van der Waals surface area contributed by atoms with E-state index in [1.54, 1.807) is 30.5 Å². The molecule has 112 valence electrons. The normalized spacial score (nSPS) is 11.0. The maximum atomic E-state index is 12.4. The van der Waals surface area contributed by atoms with Crippen LogP contribution >= 0.6 is 0 Å². The highest BCUT2D eigenvalue weighted by atomic mass is 16.1. The monoisotopic (exact) mass is 303 g/mol. The molecule has 23 heavy (non-hydrogen) atoms. The molecule has 2 aromatic heterocycles. The highest BCUT2D eigenvalue weighted by Crippen LogP contribution is 2.22. The van der Waals surface area contributed by atoms with Gasteiger partial charge in [-0.05, 0) is 36.4 Å². The number of hydrogen-bond acceptors (Lipinski definition) is 4. The third kappa shape index (κ3) is 2.36. The summed E-state index contributed by atoms with van der Waals surface area (Å²) in [7, 11) is 0. The fourth-order valence-electron chi connectivity index (χ4n) is 2.52. The van der Waals surface area contributed by atoms with Crippen LogP contribution in [-0.4, -0.2) is 21.1 Å². The van der Waals surface area contributed by atoms with E-state index in [0.29, 0.717) is 17.1 Å². The Morgan fingerprint density at radius 3 is 2.96 bits per heavy atom. The average Bonchev–Trinajstić information content (AvgIpc) is 2.95. The number of benzene rings is 2.